The summed E-state index contributed by atoms with van der Waals surface area (Å²) in [5.74, 6) is -0.0165. The highest BCUT2D eigenvalue weighted by molar-refractivity contribution is 5.92. The number of carbonyl (C=O) groups is 2. The number of urea groups is 1. The minimum absolute atomic E-state index is 0.0165. The van der Waals surface area contributed by atoms with Crippen LogP contribution >= 0.6 is 0 Å². The molecule has 2 aromatic carbocycles. The molecule has 0 radical (unpaired) electrons. The van der Waals surface area contributed by atoms with Crippen LogP contribution in [0, 0.1) is 13.8 Å². The third kappa shape index (κ3) is 5.34. The molecule has 5 heteroatoms. The molecule has 1 aliphatic rings. The molecule has 0 saturated heterocycles. The Morgan fingerprint density at radius 2 is 1.62 bits per heavy atom. The number of amides is 3. The quantitative estimate of drug-likeness (QED) is 0.731. The fourth-order valence-corrected chi connectivity index (χ4v) is 2.82. The summed E-state index contributed by atoms with van der Waals surface area (Å²) in [5, 5.41) is 8.56. The van der Waals surface area contributed by atoms with Gasteiger partial charge in [0, 0.05) is 23.8 Å². The summed E-state index contributed by atoms with van der Waals surface area (Å²) < 4.78 is 0. The van der Waals surface area contributed by atoms with E-state index in [1.807, 2.05) is 0 Å². The number of hydrogen-bond acceptors (Lipinski definition) is 2. The van der Waals surface area contributed by atoms with Crippen LogP contribution in [0.15, 0.2) is 42.5 Å². The van der Waals surface area contributed by atoms with Gasteiger partial charge in [0.2, 0.25) is 5.91 Å². The highest BCUT2D eigenvalue weighted by Gasteiger charge is 2.23. The zero-order valence-corrected chi connectivity index (χ0v) is 15.3. The summed E-state index contributed by atoms with van der Waals surface area (Å²) in [6, 6.07) is 13.6. The fraction of sp³-hybridized carbons (Fsp3) is 0.333. The molecule has 0 aromatic heterocycles. The smallest absolute Gasteiger partial charge is 0.319 e. The van der Waals surface area contributed by atoms with Gasteiger partial charge in [0.1, 0.15) is 0 Å². The first-order valence-electron chi connectivity index (χ1n) is 9.03. The molecule has 26 heavy (non-hydrogen) atoms. The van der Waals surface area contributed by atoms with Crippen molar-refractivity contribution in [2.75, 3.05) is 10.6 Å². The summed E-state index contributed by atoms with van der Waals surface area (Å²) in [6.07, 6.45) is 3.27. The molecule has 1 aliphatic carbocycles. The van der Waals surface area contributed by atoms with Gasteiger partial charge in [-0.15, -0.1) is 0 Å². The first-order valence-corrected chi connectivity index (χ1v) is 9.03. The predicted molar refractivity (Wildman–Crippen MR) is 104 cm³/mol. The van der Waals surface area contributed by atoms with E-state index in [1.165, 1.54) is 16.7 Å². The fourth-order valence-electron chi connectivity index (χ4n) is 2.82. The van der Waals surface area contributed by atoms with Gasteiger partial charge in [0.25, 0.3) is 0 Å². The van der Waals surface area contributed by atoms with E-state index in [9.17, 15) is 9.59 Å². The van der Waals surface area contributed by atoms with E-state index in [0.717, 1.165) is 24.9 Å². The second-order valence-corrected chi connectivity index (χ2v) is 6.93. The molecule has 1 saturated carbocycles. The van der Waals surface area contributed by atoms with Crippen molar-refractivity contribution in [3.63, 3.8) is 0 Å². The van der Waals surface area contributed by atoms with Crippen LogP contribution in [0.3, 0.4) is 0 Å². The van der Waals surface area contributed by atoms with Crippen molar-refractivity contribution in [3.8, 4) is 0 Å². The van der Waals surface area contributed by atoms with Gasteiger partial charge < -0.3 is 16.0 Å². The third-order valence-corrected chi connectivity index (χ3v) is 4.46. The van der Waals surface area contributed by atoms with E-state index in [1.54, 1.807) is 24.3 Å². The van der Waals surface area contributed by atoms with Crippen molar-refractivity contribution in [3.05, 3.63) is 59.2 Å². The Hall–Kier alpha value is -2.82. The first-order chi connectivity index (χ1) is 12.5. The van der Waals surface area contributed by atoms with Gasteiger partial charge in [0.05, 0.1) is 0 Å². The molecule has 3 N–H and O–H groups in total. The molecule has 0 heterocycles. The van der Waals surface area contributed by atoms with Crippen molar-refractivity contribution in [1.29, 1.82) is 0 Å². The topological polar surface area (TPSA) is 70.2 Å². The maximum atomic E-state index is 12.2. The van der Waals surface area contributed by atoms with Crippen molar-refractivity contribution < 1.29 is 9.59 Å². The molecule has 136 valence electrons. The van der Waals surface area contributed by atoms with E-state index < -0.39 is 0 Å². The van der Waals surface area contributed by atoms with Crippen LogP contribution in [-0.4, -0.2) is 18.0 Å². The summed E-state index contributed by atoms with van der Waals surface area (Å²) in [6.45, 7) is 4.14. The highest BCUT2D eigenvalue weighted by Crippen LogP contribution is 2.19. The number of nitrogens with one attached hydrogen (secondary N) is 3. The molecule has 0 atom stereocenters. The van der Waals surface area contributed by atoms with E-state index in [2.05, 4.69) is 48.0 Å². The largest absolute Gasteiger partial charge is 0.335 e. The Morgan fingerprint density at radius 1 is 0.962 bits per heavy atom. The van der Waals surface area contributed by atoms with E-state index in [-0.39, 0.29) is 11.9 Å². The molecule has 2 aromatic rings. The zero-order chi connectivity index (χ0) is 18.5. The average Bonchev–Trinajstić information content (AvgIpc) is 3.39. The lowest BCUT2D eigenvalue weighted by atomic mass is 10.0. The van der Waals surface area contributed by atoms with E-state index in [4.69, 9.17) is 0 Å². The monoisotopic (exact) mass is 351 g/mol. The van der Waals surface area contributed by atoms with Gasteiger partial charge in [-0.1, -0.05) is 23.8 Å². The first kappa shape index (κ1) is 18.0. The van der Waals surface area contributed by atoms with Crippen LogP contribution in [0.2, 0.25) is 0 Å². The van der Waals surface area contributed by atoms with Crippen molar-refractivity contribution >= 4 is 23.3 Å². The number of rotatable bonds is 6. The minimum atomic E-state index is -0.183. The molecule has 0 bridgehead atoms. The molecule has 0 unspecified atom stereocenters. The molecule has 5 nitrogen and oxygen atoms in total. The average molecular weight is 351 g/mol. The molecular formula is C21H25N3O2. The van der Waals surface area contributed by atoms with E-state index in [0.29, 0.717) is 18.2 Å². The van der Waals surface area contributed by atoms with Crippen LogP contribution < -0.4 is 16.0 Å². The number of hydrogen-bond donors (Lipinski definition) is 3. The molecule has 3 rings (SSSR count). The summed E-state index contributed by atoms with van der Waals surface area (Å²) >= 11 is 0. The van der Waals surface area contributed by atoms with Crippen molar-refractivity contribution in [2.45, 2.75) is 45.6 Å². The predicted octanol–water partition coefficient (Wildman–Crippen LogP) is 4.16. The number of anilines is 2. The minimum Gasteiger partial charge on any atom is -0.335 e. The second-order valence-electron chi connectivity index (χ2n) is 6.93. The lowest BCUT2D eigenvalue weighted by Crippen LogP contribution is -2.30. The second kappa shape index (κ2) is 8.04. The number of carbonyl (C=O) groups excluding carboxylic acids is 2. The lowest BCUT2D eigenvalue weighted by molar-refractivity contribution is -0.116. The van der Waals surface area contributed by atoms with Gasteiger partial charge in [-0.3, -0.25) is 4.79 Å². The lowest BCUT2D eigenvalue weighted by Gasteiger charge is -2.09. The van der Waals surface area contributed by atoms with Crippen LogP contribution in [0.1, 0.15) is 36.0 Å². The maximum absolute atomic E-state index is 12.2. The van der Waals surface area contributed by atoms with Crippen LogP contribution in [0.4, 0.5) is 16.2 Å². The summed E-state index contributed by atoms with van der Waals surface area (Å²) in [4.78, 5) is 23.9. The molecule has 3 amide bonds. The van der Waals surface area contributed by atoms with Crippen LogP contribution in [0.5, 0.6) is 0 Å². The van der Waals surface area contributed by atoms with Gasteiger partial charge in [-0.05, 0) is 68.5 Å². The standard InChI is InChI=1S/C21H25N3O2/c1-14-3-4-16(15(2)13-14)5-12-20(25)22-17-6-8-18(9-7-17)23-21(26)24-19-10-11-19/h3-4,6-9,13,19H,5,10-12H2,1-2H3,(H,22,25)(H2,23,24,26). The molecule has 0 aliphatic heterocycles. The Bertz CT molecular complexity index is 795. The SMILES string of the molecule is Cc1ccc(CCC(=O)Nc2ccc(NC(=O)NC3CC3)cc2)c(C)c1. The van der Waals surface area contributed by atoms with Gasteiger partial charge in [-0.2, -0.15) is 0 Å². The van der Waals surface area contributed by atoms with E-state index >= 15 is 0 Å². The zero-order valence-electron chi connectivity index (χ0n) is 15.3. The number of aryl methyl sites for hydroxylation is 3. The Kier molecular flexibility index (Phi) is 5.56. The summed E-state index contributed by atoms with van der Waals surface area (Å²) in [7, 11) is 0. The van der Waals surface area contributed by atoms with Crippen LogP contribution in [0.25, 0.3) is 0 Å². The highest BCUT2D eigenvalue weighted by atomic mass is 16.2. The van der Waals surface area contributed by atoms with Gasteiger partial charge in [-0.25, -0.2) is 4.79 Å². The van der Waals surface area contributed by atoms with Gasteiger partial charge >= 0.3 is 6.03 Å². The summed E-state index contributed by atoms with van der Waals surface area (Å²) in [5.41, 5.74) is 5.08. The maximum Gasteiger partial charge on any atom is 0.319 e. The Morgan fingerprint density at radius 3 is 2.23 bits per heavy atom. The molecule has 0 spiro atoms. The van der Waals surface area contributed by atoms with Crippen molar-refractivity contribution in [2.24, 2.45) is 0 Å². The van der Waals surface area contributed by atoms with Gasteiger partial charge in [0.15, 0.2) is 0 Å². The molecule has 1 fully saturated rings. The number of benzene rings is 2. The Balaban J connectivity index is 1.46. The normalized spacial score (nSPS) is 13.2. The van der Waals surface area contributed by atoms with Crippen molar-refractivity contribution in [1.82, 2.24) is 5.32 Å². The van der Waals surface area contributed by atoms with Crippen LogP contribution in [-0.2, 0) is 11.2 Å². The third-order valence-electron chi connectivity index (χ3n) is 4.46. The molecular weight excluding hydrogens is 326 g/mol. The Labute approximate surface area is 154 Å².